The number of aryl methyl sites for hydroxylation is 1. The van der Waals surface area contributed by atoms with E-state index in [1.807, 2.05) is 30.5 Å². The summed E-state index contributed by atoms with van der Waals surface area (Å²) in [5.41, 5.74) is 7.16. The van der Waals surface area contributed by atoms with E-state index in [1.165, 1.54) is 11.1 Å². The summed E-state index contributed by atoms with van der Waals surface area (Å²) in [6.07, 6.45) is 11.2. The van der Waals surface area contributed by atoms with Crippen molar-refractivity contribution in [3.63, 3.8) is 0 Å². The molecule has 0 amide bonds. The average Bonchev–Trinajstić information content (AvgIpc) is 3.42. The monoisotopic (exact) mass is 393 g/mol. The summed E-state index contributed by atoms with van der Waals surface area (Å²) in [5.74, 6) is 1.10. The van der Waals surface area contributed by atoms with Crippen LogP contribution in [0.2, 0.25) is 0 Å². The predicted molar refractivity (Wildman–Crippen MR) is 118 cm³/mol. The average molecular weight is 394 g/mol. The molecular weight excluding hydrogens is 362 g/mol. The Morgan fingerprint density at radius 2 is 2.07 bits per heavy atom. The lowest BCUT2D eigenvalue weighted by molar-refractivity contribution is -0.119. The molecule has 0 saturated heterocycles. The zero-order chi connectivity index (χ0) is 20.8. The lowest BCUT2D eigenvalue weighted by Gasteiger charge is -2.04. The minimum Gasteiger partial charge on any atom is -0.494 e. The Morgan fingerprint density at radius 3 is 2.76 bits per heavy atom. The highest BCUT2D eigenvalue weighted by Gasteiger charge is 2.19. The number of carbonyl (C=O) groups excluding carboxylic acids is 1. The number of ether oxygens (including phenoxy) is 1. The van der Waals surface area contributed by atoms with Crippen LogP contribution in [0.3, 0.4) is 0 Å². The number of methoxy groups -OCH3 is 1. The largest absolute Gasteiger partial charge is 0.494 e. The summed E-state index contributed by atoms with van der Waals surface area (Å²) >= 11 is 0. The van der Waals surface area contributed by atoms with Crippen molar-refractivity contribution in [1.29, 1.82) is 0 Å². The number of Topliss-reactive ketones (excluding diaryl/α,β-unsaturated/α-hetero) is 1. The second kappa shape index (κ2) is 9.59. The molecule has 29 heavy (non-hydrogen) atoms. The fourth-order valence-corrected chi connectivity index (χ4v) is 3.74. The van der Waals surface area contributed by atoms with Crippen LogP contribution in [0.5, 0.6) is 0 Å². The molecule has 0 radical (unpaired) electrons. The van der Waals surface area contributed by atoms with Crippen LogP contribution >= 0.6 is 0 Å². The van der Waals surface area contributed by atoms with Crippen molar-refractivity contribution in [3.05, 3.63) is 64.1 Å². The molecule has 0 unspecified atom stereocenters. The number of rotatable bonds is 10. The first kappa shape index (κ1) is 20.9. The highest BCUT2D eigenvalue weighted by molar-refractivity contribution is 6.11. The predicted octanol–water partition coefficient (Wildman–Crippen LogP) is 5.42. The molecule has 5 nitrogen and oxygen atoms in total. The van der Waals surface area contributed by atoms with E-state index in [4.69, 9.17) is 9.73 Å². The highest BCUT2D eigenvalue weighted by Crippen LogP contribution is 2.28. The number of nitrogens with zero attached hydrogens (tertiary/aromatic N) is 1. The third-order valence-corrected chi connectivity index (χ3v) is 5.48. The van der Waals surface area contributed by atoms with Crippen LogP contribution in [0.4, 0.5) is 0 Å². The van der Waals surface area contributed by atoms with Gasteiger partial charge in [0.15, 0.2) is 0 Å². The molecule has 3 rings (SSSR count). The molecule has 0 atom stereocenters. The quantitative estimate of drug-likeness (QED) is 0.529. The van der Waals surface area contributed by atoms with E-state index in [2.05, 4.69) is 30.7 Å². The Morgan fingerprint density at radius 1 is 1.24 bits per heavy atom. The molecular formula is C24H31N3O2. The summed E-state index contributed by atoms with van der Waals surface area (Å²) in [6.45, 7) is 6.33. The van der Waals surface area contributed by atoms with E-state index in [9.17, 15) is 4.79 Å². The number of aromatic amines is 2. The first-order valence-corrected chi connectivity index (χ1v) is 10.4. The zero-order valence-electron chi connectivity index (χ0n) is 17.9. The minimum absolute atomic E-state index is 0.360. The number of hydrogen-bond donors (Lipinski definition) is 2. The van der Waals surface area contributed by atoms with Crippen LogP contribution in [0.1, 0.15) is 67.2 Å². The number of H-pyrrole nitrogens is 2. The maximum atomic E-state index is 12.2. The van der Waals surface area contributed by atoms with Crippen molar-refractivity contribution in [1.82, 2.24) is 9.97 Å². The molecule has 0 aromatic carbocycles. The molecule has 2 N–H and O–H groups in total. The molecule has 0 fully saturated rings. The van der Waals surface area contributed by atoms with Crippen LogP contribution < -0.4 is 0 Å². The summed E-state index contributed by atoms with van der Waals surface area (Å²) in [7, 11) is 1.66. The van der Waals surface area contributed by atoms with Gasteiger partial charge in [-0.2, -0.15) is 0 Å². The van der Waals surface area contributed by atoms with E-state index in [-0.39, 0.29) is 0 Å². The number of nitrogens with one attached hydrogen (secondary N) is 2. The lowest BCUT2D eigenvalue weighted by atomic mass is 10.0. The molecule has 2 aromatic heterocycles. The van der Waals surface area contributed by atoms with Crippen molar-refractivity contribution in [2.24, 2.45) is 4.99 Å². The molecule has 3 heterocycles. The Balaban J connectivity index is 1.76. The summed E-state index contributed by atoms with van der Waals surface area (Å²) < 4.78 is 5.53. The van der Waals surface area contributed by atoms with Gasteiger partial charge in [-0.25, -0.2) is 4.99 Å². The van der Waals surface area contributed by atoms with Gasteiger partial charge in [0, 0.05) is 36.5 Å². The normalized spacial score (nSPS) is 15.0. The van der Waals surface area contributed by atoms with Gasteiger partial charge < -0.3 is 14.7 Å². The van der Waals surface area contributed by atoms with Crippen molar-refractivity contribution in [3.8, 4) is 0 Å². The first-order valence-electron chi connectivity index (χ1n) is 10.4. The number of aliphatic imine (C=N–C) groups is 1. The van der Waals surface area contributed by atoms with Crippen molar-refractivity contribution in [2.45, 2.75) is 59.3 Å². The van der Waals surface area contributed by atoms with E-state index >= 15 is 0 Å². The summed E-state index contributed by atoms with van der Waals surface area (Å²) in [5, 5.41) is 0. The standard InChI is InChI=1S/C24H31N3O2/c1-5-6-7-9-18(28)11-12-19-16(2)21(26-17(19)3)14-23-24(29-4)15-22(27-23)20-10-8-13-25-20/h8,10,13-15,25-26H,5-7,9,11-12H2,1-4H3. The number of hydrogen-bond acceptors (Lipinski definition) is 3. The van der Waals surface area contributed by atoms with E-state index in [1.54, 1.807) is 7.11 Å². The molecule has 0 saturated carbocycles. The van der Waals surface area contributed by atoms with Gasteiger partial charge in [-0.15, -0.1) is 0 Å². The van der Waals surface area contributed by atoms with Gasteiger partial charge in [-0.05, 0) is 56.0 Å². The van der Waals surface area contributed by atoms with E-state index < -0.39 is 0 Å². The third kappa shape index (κ3) is 4.97. The molecule has 1 aliphatic rings. The molecule has 0 aliphatic carbocycles. The van der Waals surface area contributed by atoms with Gasteiger partial charge in [0.1, 0.15) is 17.2 Å². The van der Waals surface area contributed by atoms with Gasteiger partial charge >= 0.3 is 0 Å². The van der Waals surface area contributed by atoms with Crippen LogP contribution in [-0.4, -0.2) is 28.6 Å². The molecule has 2 aromatic rings. The SMILES string of the molecule is CCCCCC(=O)CCc1c(C)[nH]c(C=C2N=C(c3ccc[nH]3)C=C2OC)c1C. The minimum atomic E-state index is 0.360. The fraction of sp³-hybridized carbons (Fsp3) is 0.417. The van der Waals surface area contributed by atoms with E-state index in [0.29, 0.717) is 18.6 Å². The molecule has 0 spiro atoms. The number of unbranched alkanes of at least 4 members (excludes halogenated alkanes) is 2. The van der Waals surface area contributed by atoms with Crippen molar-refractivity contribution in [2.75, 3.05) is 7.11 Å². The van der Waals surface area contributed by atoms with Gasteiger partial charge in [-0.1, -0.05) is 19.8 Å². The highest BCUT2D eigenvalue weighted by atomic mass is 16.5. The van der Waals surface area contributed by atoms with Gasteiger partial charge in [0.05, 0.1) is 18.5 Å². The maximum absolute atomic E-state index is 12.2. The Labute approximate surface area is 173 Å². The Bertz CT molecular complexity index is 943. The second-order valence-electron chi connectivity index (χ2n) is 7.59. The fourth-order valence-electron chi connectivity index (χ4n) is 3.74. The lowest BCUT2D eigenvalue weighted by Crippen LogP contribution is -2.01. The first-order chi connectivity index (χ1) is 14.0. The summed E-state index contributed by atoms with van der Waals surface area (Å²) in [4.78, 5) is 23.5. The summed E-state index contributed by atoms with van der Waals surface area (Å²) in [6, 6.07) is 3.94. The van der Waals surface area contributed by atoms with Gasteiger partial charge in [-0.3, -0.25) is 4.79 Å². The molecule has 154 valence electrons. The zero-order valence-corrected chi connectivity index (χ0v) is 17.9. The number of carbonyl (C=O) groups is 1. The van der Waals surface area contributed by atoms with Crippen molar-refractivity contribution >= 4 is 17.6 Å². The Hall–Kier alpha value is -2.82. The number of ketones is 1. The third-order valence-electron chi connectivity index (χ3n) is 5.48. The number of aromatic nitrogens is 2. The molecule has 5 heteroatoms. The van der Waals surface area contributed by atoms with Crippen LogP contribution in [-0.2, 0) is 16.0 Å². The van der Waals surface area contributed by atoms with Crippen LogP contribution in [0.15, 0.2) is 40.9 Å². The van der Waals surface area contributed by atoms with Crippen molar-refractivity contribution < 1.29 is 9.53 Å². The molecule has 0 bridgehead atoms. The van der Waals surface area contributed by atoms with Crippen LogP contribution in [0.25, 0.3) is 6.08 Å². The smallest absolute Gasteiger partial charge is 0.146 e. The second-order valence-corrected chi connectivity index (χ2v) is 7.59. The molecule has 1 aliphatic heterocycles. The van der Waals surface area contributed by atoms with Gasteiger partial charge in [0.25, 0.3) is 0 Å². The topological polar surface area (TPSA) is 70.2 Å². The maximum Gasteiger partial charge on any atom is 0.146 e. The Kier molecular flexibility index (Phi) is 6.91. The van der Waals surface area contributed by atoms with Crippen LogP contribution in [0, 0.1) is 13.8 Å². The number of allylic oxidation sites excluding steroid dienone is 1. The van der Waals surface area contributed by atoms with Gasteiger partial charge in [0.2, 0.25) is 0 Å². The van der Waals surface area contributed by atoms with E-state index in [0.717, 1.165) is 59.9 Å².